The third-order valence-electron chi connectivity index (χ3n) is 5.89. The van der Waals surface area contributed by atoms with Crippen LogP contribution in [0.1, 0.15) is 51.4 Å². The van der Waals surface area contributed by atoms with Crippen LogP contribution < -0.4 is 0 Å². The molecule has 0 aromatic heterocycles. The molecule has 2 heterocycles. The van der Waals surface area contributed by atoms with Crippen molar-refractivity contribution in [3.8, 4) is 0 Å². The van der Waals surface area contributed by atoms with E-state index in [2.05, 4.69) is 0 Å². The molecule has 122 valence electrons. The van der Waals surface area contributed by atoms with E-state index in [1.807, 2.05) is 0 Å². The van der Waals surface area contributed by atoms with Crippen LogP contribution in [0.5, 0.6) is 0 Å². The van der Waals surface area contributed by atoms with Crippen molar-refractivity contribution in [1.29, 1.82) is 0 Å². The lowest BCUT2D eigenvalue weighted by atomic mass is 9.78. The lowest BCUT2D eigenvalue weighted by Gasteiger charge is -2.41. The molecule has 0 unspecified atom stereocenters. The maximum absolute atomic E-state index is 12.8. The Morgan fingerprint density at radius 1 is 0.905 bits per heavy atom. The lowest BCUT2D eigenvalue weighted by Crippen LogP contribution is -2.51. The summed E-state index contributed by atoms with van der Waals surface area (Å²) in [6.07, 6.45) is 9.21. The van der Waals surface area contributed by atoms with E-state index in [1.54, 1.807) is 8.61 Å². The number of rotatable bonds is 3. The number of nitrogens with zero attached hydrogens (tertiary/aromatic N) is 2. The van der Waals surface area contributed by atoms with Gasteiger partial charge in [-0.15, -0.1) is 11.6 Å². The minimum absolute atomic E-state index is 0.470. The van der Waals surface area contributed by atoms with Crippen LogP contribution in [0.3, 0.4) is 0 Å². The summed E-state index contributed by atoms with van der Waals surface area (Å²) in [5.41, 5.74) is 0.470. The Labute approximate surface area is 134 Å². The van der Waals surface area contributed by atoms with E-state index in [0.29, 0.717) is 30.3 Å². The molecule has 1 aliphatic carbocycles. The second-order valence-electron chi connectivity index (χ2n) is 7.11. The molecule has 0 aromatic rings. The monoisotopic (exact) mass is 334 g/mol. The molecule has 3 rings (SSSR count). The van der Waals surface area contributed by atoms with Crippen molar-refractivity contribution in [3.63, 3.8) is 0 Å². The first-order valence-corrected chi connectivity index (χ1v) is 10.3. The smallest absolute Gasteiger partial charge is 0.195 e. The van der Waals surface area contributed by atoms with Gasteiger partial charge in [0.2, 0.25) is 0 Å². The normalized spacial score (nSPS) is 29.2. The van der Waals surface area contributed by atoms with Crippen molar-refractivity contribution in [2.75, 3.05) is 32.1 Å². The van der Waals surface area contributed by atoms with Gasteiger partial charge in [-0.3, -0.25) is 0 Å². The van der Waals surface area contributed by atoms with E-state index < -0.39 is 10.2 Å². The van der Waals surface area contributed by atoms with Gasteiger partial charge in [-0.05, 0) is 49.9 Å². The summed E-state index contributed by atoms with van der Waals surface area (Å²) in [6, 6.07) is 0. The highest BCUT2D eigenvalue weighted by atomic mass is 35.5. The Morgan fingerprint density at radius 3 is 1.95 bits per heavy atom. The van der Waals surface area contributed by atoms with E-state index in [-0.39, 0.29) is 0 Å². The number of hydrogen-bond donors (Lipinski definition) is 0. The van der Waals surface area contributed by atoms with Crippen molar-refractivity contribution in [1.82, 2.24) is 8.61 Å². The first kappa shape index (κ1) is 16.0. The second-order valence-corrected chi connectivity index (χ2v) is 9.35. The van der Waals surface area contributed by atoms with Crippen molar-refractivity contribution in [3.05, 3.63) is 0 Å². The standard InChI is InChI=1S/C15H27ClN2O2S/c16-13-14-3-9-17(10-4-14)21(19,20)18-11-7-15(8-12-18)5-1-2-6-15/h14H,1-13H2. The van der Waals surface area contributed by atoms with Crippen LogP contribution in [0, 0.1) is 11.3 Å². The molecule has 21 heavy (non-hydrogen) atoms. The minimum atomic E-state index is -3.24. The largest absolute Gasteiger partial charge is 0.281 e. The summed E-state index contributed by atoms with van der Waals surface area (Å²) in [5, 5.41) is 0. The molecule has 0 aromatic carbocycles. The molecule has 3 fully saturated rings. The summed E-state index contributed by atoms with van der Waals surface area (Å²) in [4.78, 5) is 0. The van der Waals surface area contributed by atoms with Gasteiger partial charge < -0.3 is 0 Å². The van der Waals surface area contributed by atoms with Crippen LogP contribution in [0.15, 0.2) is 0 Å². The fraction of sp³-hybridized carbons (Fsp3) is 1.00. The zero-order valence-corrected chi connectivity index (χ0v) is 14.3. The van der Waals surface area contributed by atoms with Gasteiger partial charge in [0.05, 0.1) is 0 Å². The van der Waals surface area contributed by atoms with Gasteiger partial charge in [0, 0.05) is 32.1 Å². The third-order valence-corrected chi connectivity index (χ3v) is 8.36. The molecule has 0 N–H and O–H groups in total. The third kappa shape index (κ3) is 3.26. The van der Waals surface area contributed by atoms with Crippen LogP contribution in [0.2, 0.25) is 0 Å². The predicted octanol–water partition coefficient (Wildman–Crippen LogP) is 2.84. The quantitative estimate of drug-likeness (QED) is 0.745. The predicted molar refractivity (Wildman–Crippen MR) is 85.6 cm³/mol. The maximum Gasteiger partial charge on any atom is 0.281 e. The van der Waals surface area contributed by atoms with Crippen molar-refractivity contribution < 1.29 is 8.42 Å². The number of alkyl halides is 1. The molecule has 0 atom stereocenters. The Morgan fingerprint density at radius 2 is 1.43 bits per heavy atom. The van der Waals surface area contributed by atoms with Gasteiger partial charge in [0.1, 0.15) is 0 Å². The van der Waals surface area contributed by atoms with Crippen LogP contribution in [0.25, 0.3) is 0 Å². The molecule has 4 nitrogen and oxygen atoms in total. The zero-order chi connectivity index (χ0) is 14.9. The maximum atomic E-state index is 12.8. The molecule has 0 amide bonds. The molecule has 3 aliphatic rings. The lowest BCUT2D eigenvalue weighted by molar-refractivity contribution is 0.151. The molecule has 2 aliphatic heterocycles. The van der Waals surface area contributed by atoms with Gasteiger partial charge in [-0.2, -0.15) is 17.0 Å². The van der Waals surface area contributed by atoms with Crippen molar-refractivity contribution in [2.45, 2.75) is 51.4 Å². The van der Waals surface area contributed by atoms with Gasteiger partial charge in [0.25, 0.3) is 10.2 Å². The van der Waals surface area contributed by atoms with Crippen LogP contribution in [0.4, 0.5) is 0 Å². The highest BCUT2D eigenvalue weighted by Crippen LogP contribution is 2.46. The zero-order valence-electron chi connectivity index (χ0n) is 12.8. The SMILES string of the molecule is O=S(=O)(N1CCC(CCl)CC1)N1CCC2(CCCC2)CC1. The fourth-order valence-corrected chi connectivity index (χ4v) is 6.23. The molecule has 1 saturated carbocycles. The van der Waals surface area contributed by atoms with E-state index >= 15 is 0 Å². The summed E-state index contributed by atoms with van der Waals surface area (Å²) in [6.45, 7) is 2.72. The van der Waals surface area contributed by atoms with Gasteiger partial charge in [0.15, 0.2) is 0 Å². The Bertz CT molecular complexity index is 444. The summed E-state index contributed by atoms with van der Waals surface area (Å²) in [5.74, 6) is 1.14. The van der Waals surface area contributed by atoms with E-state index in [4.69, 9.17) is 11.6 Å². The number of hydrogen-bond acceptors (Lipinski definition) is 2. The Balaban J connectivity index is 1.59. The molecule has 2 saturated heterocycles. The summed E-state index contributed by atoms with van der Waals surface area (Å²) in [7, 11) is -3.24. The van der Waals surface area contributed by atoms with Gasteiger partial charge in [-0.25, -0.2) is 0 Å². The molecule has 0 bridgehead atoms. The molecule has 6 heteroatoms. The molecule has 1 spiro atoms. The highest BCUT2D eigenvalue weighted by Gasteiger charge is 2.41. The summed E-state index contributed by atoms with van der Waals surface area (Å²) < 4.78 is 28.9. The van der Waals surface area contributed by atoms with Gasteiger partial charge in [-0.1, -0.05) is 12.8 Å². The minimum Gasteiger partial charge on any atom is -0.195 e. The Kier molecular flexibility index (Phi) is 4.84. The number of halogens is 1. The van der Waals surface area contributed by atoms with Crippen LogP contribution in [-0.4, -0.2) is 49.1 Å². The first-order valence-electron chi connectivity index (χ1n) is 8.37. The van der Waals surface area contributed by atoms with Crippen LogP contribution in [-0.2, 0) is 10.2 Å². The van der Waals surface area contributed by atoms with E-state index in [1.165, 1.54) is 25.7 Å². The fourth-order valence-electron chi connectivity index (χ4n) is 4.27. The molecule has 0 radical (unpaired) electrons. The average Bonchev–Trinajstić information content (AvgIpc) is 2.96. The average molecular weight is 335 g/mol. The first-order chi connectivity index (χ1) is 10.1. The molecular weight excluding hydrogens is 308 g/mol. The Hall–Kier alpha value is 0.160. The van der Waals surface area contributed by atoms with E-state index in [9.17, 15) is 8.42 Å². The molecular formula is C15H27ClN2O2S. The number of piperidine rings is 2. The van der Waals surface area contributed by atoms with Crippen molar-refractivity contribution >= 4 is 21.8 Å². The van der Waals surface area contributed by atoms with Gasteiger partial charge >= 0.3 is 0 Å². The van der Waals surface area contributed by atoms with Crippen LogP contribution >= 0.6 is 11.6 Å². The summed E-state index contributed by atoms with van der Waals surface area (Å²) >= 11 is 5.88. The second kappa shape index (κ2) is 6.34. The highest BCUT2D eigenvalue weighted by molar-refractivity contribution is 7.86. The van der Waals surface area contributed by atoms with Crippen molar-refractivity contribution in [2.24, 2.45) is 11.3 Å². The van der Waals surface area contributed by atoms with E-state index in [0.717, 1.165) is 38.8 Å². The topological polar surface area (TPSA) is 40.6 Å².